The first kappa shape index (κ1) is 13.8. The van der Waals surface area contributed by atoms with Crippen LogP contribution in [-0.4, -0.2) is 53.5 Å². The predicted octanol–water partition coefficient (Wildman–Crippen LogP) is 0.160. The Kier molecular flexibility index (Phi) is 4.36. The first-order chi connectivity index (χ1) is 9.11. The molecule has 0 amide bonds. The Morgan fingerprint density at radius 1 is 1.53 bits per heavy atom. The topological polar surface area (TPSA) is 96.0 Å². The predicted molar refractivity (Wildman–Crippen MR) is 69.9 cm³/mol. The third kappa shape index (κ3) is 3.23. The molecule has 1 saturated heterocycles. The van der Waals surface area contributed by atoms with E-state index >= 15 is 0 Å². The molecule has 0 radical (unpaired) electrons. The molecule has 0 aliphatic carbocycles. The van der Waals surface area contributed by atoms with Gasteiger partial charge in [-0.15, -0.1) is 0 Å². The van der Waals surface area contributed by atoms with Crippen LogP contribution in [0.4, 0.5) is 5.69 Å². The van der Waals surface area contributed by atoms with E-state index in [-0.39, 0.29) is 24.0 Å². The van der Waals surface area contributed by atoms with Gasteiger partial charge >= 0.3 is 5.97 Å². The van der Waals surface area contributed by atoms with Crippen LogP contribution in [0.25, 0.3) is 0 Å². The number of aromatic carboxylic acids is 1. The lowest BCUT2D eigenvalue weighted by molar-refractivity contribution is -0.0551. The maximum absolute atomic E-state index is 11.2. The molecule has 4 N–H and O–H groups in total. The number of anilines is 1. The van der Waals surface area contributed by atoms with E-state index in [1.165, 1.54) is 0 Å². The van der Waals surface area contributed by atoms with Gasteiger partial charge in [-0.1, -0.05) is 12.1 Å². The van der Waals surface area contributed by atoms with Crippen molar-refractivity contribution in [2.24, 2.45) is 0 Å². The third-order valence-corrected chi connectivity index (χ3v) is 3.22. The highest BCUT2D eigenvalue weighted by Crippen LogP contribution is 2.20. The molecule has 1 atom stereocenters. The summed E-state index contributed by atoms with van der Waals surface area (Å²) in [4.78, 5) is 13.3. The minimum Gasteiger partial charge on any atom is -0.478 e. The number of aliphatic hydroxyl groups excluding tert-OH is 1. The third-order valence-electron chi connectivity index (χ3n) is 3.22. The Bertz CT molecular complexity index is 464. The first-order valence-corrected chi connectivity index (χ1v) is 6.17. The van der Waals surface area contributed by atoms with Crippen molar-refractivity contribution in [3.63, 3.8) is 0 Å². The summed E-state index contributed by atoms with van der Waals surface area (Å²) >= 11 is 0. The summed E-state index contributed by atoms with van der Waals surface area (Å²) < 4.78 is 5.36. The van der Waals surface area contributed by atoms with Crippen LogP contribution in [0.2, 0.25) is 0 Å². The van der Waals surface area contributed by atoms with Gasteiger partial charge in [0.2, 0.25) is 0 Å². The Morgan fingerprint density at radius 3 is 3.00 bits per heavy atom. The standard InChI is InChI=1S/C13H18N2O4/c14-11-3-1-2-9(12(11)13(17)18)6-15-4-5-19-10(7-15)8-16/h1-3,10,16H,4-8,14H2,(H,17,18). The van der Waals surface area contributed by atoms with Gasteiger partial charge in [0, 0.05) is 25.3 Å². The second-order valence-electron chi connectivity index (χ2n) is 4.60. The average molecular weight is 266 g/mol. The number of nitrogens with two attached hydrogens (primary N) is 1. The van der Waals surface area contributed by atoms with Gasteiger partial charge in [0.05, 0.1) is 24.9 Å². The van der Waals surface area contributed by atoms with Crippen LogP contribution in [0, 0.1) is 0 Å². The van der Waals surface area contributed by atoms with Gasteiger partial charge < -0.3 is 20.7 Å². The highest BCUT2D eigenvalue weighted by Gasteiger charge is 2.22. The summed E-state index contributed by atoms with van der Waals surface area (Å²) in [6.45, 7) is 2.30. The average Bonchev–Trinajstić information content (AvgIpc) is 2.38. The Labute approximate surface area is 111 Å². The number of nitrogen functional groups attached to an aromatic ring is 1. The van der Waals surface area contributed by atoms with Gasteiger partial charge in [0.25, 0.3) is 0 Å². The van der Waals surface area contributed by atoms with Crippen LogP contribution in [0.3, 0.4) is 0 Å². The molecular weight excluding hydrogens is 248 g/mol. The smallest absolute Gasteiger partial charge is 0.338 e. The van der Waals surface area contributed by atoms with Crippen LogP contribution in [0.15, 0.2) is 18.2 Å². The van der Waals surface area contributed by atoms with Crippen molar-refractivity contribution in [1.82, 2.24) is 4.90 Å². The molecule has 1 aromatic carbocycles. The van der Waals surface area contributed by atoms with E-state index in [4.69, 9.17) is 15.6 Å². The summed E-state index contributed by atoms with van der Waals surface area (Å²) in [7, 11) is 0. The Hall–Kier alpha value is -1.63. The fourth-order valence-electron chi connectivity index (χ4n) is 2.29. The molecule has 0 bridgehead atoms. The maximum Gasteiger partial charge on any atom is 0.338 e. The second-order valence-corrected chi connectivity index (χ2v) is 4.60. The molecule has 1 aromatic rings. The lowest BCUT2D eigenvalue weighted by atomic mass is 10.0. The molecule has 0 spiro atoms. The molecule has 1 aliphatic rings. The van der Waals surface area contributed by atoms with Crippen LogP contribution in [0.5, 0.6) is 0 Å². The van der Waals surface area contributed by atoms with Crippen LogP contribution in [-0.2, 0) is 11.3 Å². The van der Waals surface area contributed by atoms with E-state index in [0.717, 1.165) is 0 Å². The van der Waals surface area contributed by atoms with E-state index < -0.39 is 5.97 Å². The van der Waals surface area contributed by atoms with Crippen molar-refractivity contribution < 1.29 is 19.7 Å². The van der Waals surface area contributed by atoms with Crippen molar-refractivity contribution in [3.05, 3.63) is 29.3 Å². The number of rotatable bonds is 4. The zero-order valence-electron chi connectivity index (χ0n) is 10.6. The Morgan fingerprint density at radius 2 is 2.32 bits per heavy atom. The first-order valence-electron chi connectivity index (χ1n) is 6.17. The number of morpholine rings is 1. The van der Waals surface area contributed by atoms with E-state index in [0.29, 0.717) is 31.8 Å². The fraction of sp³-hybridized carbons (Fsp3) is 0.462. The number of benzene rings is 1. The molecule has 2 rings (SSSR count). The number of carboxylic acid groups (broad SMARTS) is 1. The van der Waals surface area contributed by atoms with Crippen LogP contribution in [0.1, 0.15) is 15.9 Å². The largest absolute Gasteiger partial charge is 0.478 e. The fourth-order valence-corrected chi connectivity index (χ4v) is 2.29. The highest BCUT2D eigenvalue weighted by molar-refractivity contribution is 5.95. The lowest BCUT2D eigenvalue weighted by Crippen LogP contribution is -2.43. The van der Waals surface area contributed by atoms with Crippen molar-refractivity contribution >= 4 is 11.7 Å². The van der Waals surface area contributed by atoms with Crippen LogP contribution < -0.4 is 5.73 Å². The summed E-state index contributed by atoms with van der Waals surface area (Å²) in [5.74, 6) is -1.01. The normalized spacial score (nSPS) is 20.4. The Balaban J connectivity index is 2.14. The minimum atomic E-state index is -1.01. The molecule has 1 heterocycles. The summed E-state index contributed by atoms with van der Waals surface area (Å²) in [5, 5.41) is 18.3. The number of nitrogens with zero attached hydrogens (tertiary/aromatic N) is 1. The number of carbonyl (C=O) groups is 1. The van der Waals surface area contributed by atoms with Gasteiger partial charge in [0.15, 0.2) is 0 Å². The molecule has 104 valence electrons. The number of ether oxygens (including phenoxy) is 1. The monoisotopic (exact) mass is 266 g/mol. The van der Waals surface area contributed by atoms with Crippen molar-refractivity contribution in [2.75, 3.05) is 32.0 Å². The van der Waals surface area contributed by atoms with Gasteiger partial charge in [-0.05, 0) is 11.6 Å². The molecule has 6 nitrogen and oxygen atoms in total. The van der Waals surface area contributed by atoms with Crippen molar-refractivity contribution in [1.29, 1.82) is 0 Å². The SMILES string of the molecule is Nc1cccc(CN2CCOC(CO)C2)c1C(=O)O. The number of hydrogen-bond acceptors (Lipinski definition) is 5. The van der Waals surface area contributed by atoms with E-state index in [9.17, 15) is 9.90 Å². The molecular formula is C13H18N2O4. The van der Waals surface area contributed by atoms with Gasteiger partial charge in [-0.25, -0.2) is 4.79 Å². The van der Waals surface area contributed by atoms with E-state index in [1.54, 1.807) is 18.2 Å². The molecule has 6 heteroatoms. The molecule has 1 aliphatic heterocycles. The highest BCUT2D eigenvalue weighted by atomic mass is 16.5. The molecule has 1 unspecified atom stereocenters. The van der Waals surface area contributed by atoms with Gasteiger partial charge in [-0.3, -0.25) is 4.90 Å². The van der Waals surface area contributed by atoms with Crippen molar-refractivity contribution in [2.45, 2.75) is 12.6 Å². The van der Waals surface area contributed by atoms with E-state index in [1.807, 2.05) is 0 Å². The van der Waals surface area contributed by atoms with Gasteiger partial charge in [0.1, 0.15) is 0 Å². The summed E-state index contributed by atoms with van der Waals surface area (Å²) in [6, 6.07) is 5.10. The zero-order chi connectivity index (χ0) is 13.8. The second kappa shape index (κ2) is 6.01. The lowest BCUT2D eigenvalue weighted by Gasteiger charge is -2.32. The van der Waals surface area contributed by atoms with Crippen LogP contribution >= 0.6 is 0 Å². The van der Waals surface area contributed by atoms with E-state index in [2.05, 4.69) is 4.90 Å². The zero-order valence-corrected chi connectivity index (χ0v) is 10.6. The van der Waals surface area contributed by atoms with Crippen molar-refractivity contribution in [3.8, 4) is 0 Å². The van der Waals surface area contributed by atoms with Gasteiger partial charge in [-0.2, -0.15) is 0 Å². The molecule has 19 heavy (non-hydrogen) atoms. The minimum absolute atomic E-state index is 0.0286. The quantitative estimate of drug-likeness (QED) is 0.672. The summed E-state index contributed by atoms with van der Waals surface area (Å²) in [6.07, 6.45) is -0.205. The molecule has 0 saturated carbocycles. The summed E-state index contributed by atoms with van der Waals surface area (Å²) in [5.41, 5.74) is 6.84. The molecule has 0 aromatic heterocycles. The number of aliphatic hydroxyl groups is 1. The molecule has 1 fully saturated rings. The number of carboxylic acids is 1. The maximum atomic E-state index is 11.2. The number of hydrogen-bond donors (Lipinski definition) is 3.